The van der Waals surface area contributed by atoms with Crippen molar-refractivity contribution >= 4 is 6.08 Å². The van der Waals surface area contributed by atoms with Gasteiger partial charge < -0.3 is 9.84 Å². The number of ether oxygens (including phenoxy) is 1. The maximum atomic E-state index is 10.2. The number of hydrogen-bond acceptors (Lipinski definition) is 4. The summed E-state index contributed by atoms with van der Waals surface area (Å²) in [6, 6.07) is 20.5. The molecule has 27 heavy (non-hydrogen) atoms. The number of rotatable bonds is 9. The molecule has 3 rings (SSSR count). The SMILES string of the molecule is OC(COCc1ccccc1)CN1CCN(CC=Cc2ccccc2)CC1. The van der Waals surface area contributed by atoms with E-state index in [1.54, 1.807) is 0 Å². The molecule has 0 aromatic heterocycles. The molecule has 2 aromatic rings. The highest BCUT2D eigenvalue weighted by Gasteiger charge is 2.18. The molecule has 1 saturated heterocycles. The molecule has 4 heteroatoms. The summed E-state index contributed by atoms with van der Waals surface area (Å²) in [5.41, 5.74) is 2.39. The monoisotopic (exact) mass is 366 g/mol. The van der Waals surface area contributed by atoms with Crippen LogP contribution in [-0.2, 0) is 11.3 Å². The van der Waals surface area contributed by atoms with Gasteiger partial charge in [0.05, 0.1) is 19.3 Å². The van der Waals surface area contributed by atoms with Crippen molar-refractivity contribution in [1.29, 1.82) is 0 Å². The molecule has 2 aromatic carbocycles. The van der Waals surface area contributed by atoms with Gasteiger partial charge in [-0.2, -0.15) is 0 Å². The lowest BCUT2D eigenvalue weighted by molar-refractivity contribution is 0.00215. The summed E-state index contributed by atoms with van der Waals surface area (Å²) in [4.78, 5) is 4.78. The summed E-state index contributed by atoms with van der Waals surface area (Å²) in [5, 5.41) is 10.2. The Bertz CT molecular complexity index is 667. The summed E-state index contributed by atoms with van der Waals surface area (Å²) < 4.78 is 5.64. The third-order valence-corrected chi connectivity index (χ3v) is 4.83. The fourth-order valence-corrected chi connectivity index (χ4v) is 3.29. The second kappa shape index (κ2) is 11.0. The maximum Gasteiger partial charge on any atom is 0.0900 e. The van der Waals surface area contributed by atoms with Gasteiger partial charge in [0, 0.05) is 39.3 Å². The first-order chi connectivity index (χ1) is 13.3. The van der Waals surface area contributed by atoms with Crippen LogP contribution in [0.15, 0.2) is 66.7 Å². The van der Waals surface area contributed by atoms with Gasteiger partial charge in [0.15, 0.2) is 0 Å². The van der Waals surface area contributed by atoms with Crippen molar-refractivity contribution in [2.75, 3.05) is 45.9 Å². The average Bonchev–Trinajstić information content (AvgIpc) is 2.71. The van der Waals surface area contributed by atoms with E-state index in [1.165, 1.54) is 5.56 Å². The predicted molar refractivity (Wildman–Crippen MR) is 110 cm³/mol. The second-order valence-electron chi connectivity index (χ2n) is 7.07. The van der Waals surface area contributed by atoms with Crippen molar-refractivity contribution < 1.29 is 9.84 Å². The predicted octanol–water partition coefficient (Wildman–Crippen LogP) is 2.90. The molecule has 1 heterocycles. The highest BCUT2D eigenvalue weighted by molar-refractivity contribution is 5.48. The van der Waals surface area contributed by atoms with Gasteiger partial charge in [-0.15, -0.1) is 0 Å². The number of hydrogen-bond donors (Lipinski definition) is 1. The zero-order chi connectivity index (χ0) is 18.7. The highest BCUT2D eigenvalue weighted by Crippen LogP contribution is 2.06. The lowest BCUT2D eigenvalue weighted by Crippen LogP contribution is -2.49. The average molecular weight is 367 g/mol. The number of aliphatic hydroxyl groups is 1. The number of piperazine rings is 1. The second-order valence-corrected chi connectivity index (χ2v) is 7.07. The standard InChI is InChI=1S/C23H30N2O2/c26-23(20-27-19-22-10-5-2-6-11-22)18-25-16-14-24(15-17-25)13-7-12-21-8-3-1-4-9-21/h1-12,23,26H,13-20H2. The third-order valence-electron chi connectivity index (χ3n) is 4.83. The van der Waals surface area contributed by atoms with Gasteiger partial charge in [-0.3, -0.25) is 9.80 Å². The van der Waals surface area contributed by atoms with Crippen LogP contribution in [0, 0.1) is 0 Å². The van der Waals surface area contributed by atoms with Crippen LogP contribution in [0.5, 0.6) is 0 Å². The quantitative estimate of drug-likeness (QED) is 0.740. The van der Waals surface area contributed by atoms with Crippen LogP contribution >= 0.6 is 0 Å². The first-order valence-corrected chi connectivity index (χ1v) is 9.75. The number of nitrogens with zero attached hydrogens (tertiary/aromatic N) is 2. The lowest BCUT2D eigenvalue weighted by atomic mass is 10.2. The van der Waals surface area contributed by atoms with E-state index in [9.17, 15) is 5.11 Å². The van der Waals surface area contributed by atoms with Crippen LogP contribution in [0.3, 0.4) is 0 Å². The van der Waals surface area contributed by atoms with Gasteiger partial charge in [-0.05, 0) is 11.1 Å². The van der Waals surface area contributed by atoms with Crippen molar-refractivity contribution in [2.24, 2.45) is 0 Å². The topological polar surface area (TPSA) is 35.9 Å². The van der Waals surface area contributed by atoms with E-state index in [0.29, 0.717) is 19.8 Å². The van der Waals surface area contributed by atoms with E-state index in [2.05, 4.69) is 46.2 Å². The fourth-order valence-electron chi connectivity index (χ4n) is 3.29. The summed E-state index contributed by atoms with van der Waals surface area (Å²) >= 11 is 0. The Morgan fingerprint density at radius 2 is 1.52 bits per heavy atom. The molecule has 1 unspecified atom stereocenters. The normalized spacial score (nSPS) is 17.4. The third kappa shape index (κ3) is 7.27. The fraction of sp³-hybridized carbons (Fsp3) is 0.391. The van der Waals surface area contributed by atoms with E-state index < -0.39 is 6.10 Å². The van der Waals surface area contributed by atoms with E-state index >= 15 is 0 Å². The van der Waals surface area contributed by atoms with Crippen LogP contribution < -0.4 is 0 Å². The smallest absolute Gasteiger partial charge is 0.0900 e. The van der Waals surface area contributed by atoms with Gasteiger partial charge in [-0.25, -0.2) is 0 Å². The number of aliphatic hydroxyl groups excluding tert-OH is 1. The van der Waals surface area contributed by atoms with Crippen molar-refractivity contribution in [2.45, 2.75) is 12.7 Å². The summed E-state index contributed by atoms with van der Waals surface area (Å²) in [7, 11) is 0. The van der Waals surface area contributed by atoms with Gasteiger partial charge >= 0.3 is 0 Å². The van der Waals surface area contributed by atoms with Crippen molar-refractivity contribution in [3.05, 3.63) is 77.9 Å². The zero-order valence-electron chi connectivity index (χ0n) is 15.9. The Morgan fingerprint density at radius 3 is 2.22 bits per heavy atom. The van der Waals surface area contributed by atoms with Crippen molar-refractivity contribution in [1.82, 2.24) is 9.80 Å². The molecular formula is C23H30N2O2. The minimum atomic E-state index is -0.432. The highest BCUT2D eigenvalue weighted by atomic mass is 16.5. The first kappa shape index (κ1) is 19.8. The Morgan fingerprint density at radius 1 is 0.889 bits per heavy atom. The lowest BCUT2D eigenvalue weighted by Gasteiger charge is -2.35. The zero-order valence-corrected chi connectivity index (χ0v) is 15.9. The van der Waals surface area contributed by atoms with Crippen LogP contribution in [-0.4, -0.2) is 66.9 Å². The largest absolute Gasteiger partial charge is 0.389 e. The van der Waals surface area contributed by atoms with Crippen LogP contribution in [0.2, 0.25) is 0 Å². The van der Waals surface area contributed by atoms with E-state index in [4.69, 9.17) is 4.74 Å². The van der Waals surface area contributed by atoms with Gasteiger partial charge in [0.1, 0.15) is 0 Å². The molecular weight excluding hydrogens is 336 g/mol. The molecule has 1 fully saturated rings. The Kier molecular flexibility index (Phi) is 8.05. The first-order valence-electron chi connectivity index (χ1n) is 9.75. The molecule has 0 radical (unpaired) electrons. The van der Waals surface area contributed by atoms with Crippen molar-refractivity contribution in [3.8, 4) is 0 Å². The van der Waals surface area contributed by atoms with Gasteiger partial charge in [0.2, 0.25) is 0 Å². The Balaban J connectivity index is 1.29. The maximum absolute atomic E-state index is 10.2. The molecule has 1 aliphatic heterocycles. The molecule has 4 nitrogen and oxygen atoms in total. The summed E-state index contributed by atoms with van der Waals surface area (Å²) in [6.45, 7) is 6.67. The van der Waals surface area contributed by atoms with Crippen molar-refractivity contribution in [3.63, 3.8) is 0 Å². The molecule has 1 atom stereocenters. The van der Waals surface area contributed by atoms with Gasteiger partial charge in [0.25, 0.3) is 0 Å². The minimum absolute atomic E-state index is 0.384. The summed E-state index contributed by atoms with van der Waals surface area (Å²) in [6.07, 6.45) is 3.98. The molecule has 1 N–H and O–H groups in total. The minimum Gasteiger partial charge on any atom is -0.389 e. The number of β-amino-alcohol motifs (C(OH)–C–C–N with tert-alkyl or cyclic N) is 1. The molecule has 0 aliphatic carbocycles. The molecule has 0 saturated carbocycles. The molecule has 0 spiro atoms. The Labute approximate surface area is 162 Å². The van der Waals surface area contributed by atoms with E-state index in [1.807, 2.05) is 36.4 Å². The van der Waals surface area contributed by atoms with Crippen LogP contribution in [0.4, 0.5) is 0 Å². The molecule has 144 valence electrons. The molecule has 0 amide bonds. The molecule has 1 aliphatic rings. The Hall–Kier alpha value is -1.98. The molecule has 0 bridgehead atoms. The van der Waals surface area contributed by atoms with Crippen LogP contribution in [0.25, 0.3) is 6.08 Å². The van der Waals surface area contributed by atoms with E-state index in [0.717, 1.165) is 38.3 Å². The van der Waals surface area contributed by atoms with Gasteiger partial charge in [-0.1, -0.05) is 72.8 Å². The summed E-state index contributed by atoms with van der Waals surface area (Å²) in [5.74, 6) is 0. The van der Waals surface area contributed by atoms with Crippen LogP contribution in [0.1, 0.15) is 11.1 Å². The number of benzene rings is 2. The van der Waals surface area contributed by atoms with E-state index in [-0.39, 0.29) is 0 Å².